The van der Waals surface area contributed by atoms with Crippen LogP contribution >= 0.6 is 22.6 Å². The first-order valence-corrected chi connectivity index (χ1v) is 6.49. The summed E-state index contributed by atoms with van der Waals surface area (Å²) in [5.41, 5.74) is 1.81. The van der Waals surface area contributed by atoms with Crippen LogP contribution in [0.2, 0.25) is 0 Å². The van der Waals surface area contributed by atoms with E-state index in [1.165, 1.54) is 12.8 Å². The molecule has 1 aliphatic rings. The van der Waals surface area contributed by atoms with E-state index in [2.05, 4.69) is 53.3 Å². The highest BCUT2D eigenvalue weighted by Crippen LogP contribution is 2.42. The molecule has 0 aromatic carbocycles. The topological polar surface area (TPSA) is 79.4 Å². The van der Waals surface area contributed by atoms with E-state index < -0.39 is 0 Å². The van der Waals surface area contributed by atoms with Gasteiger partial charge in [0, 0.05) is 13.0 Å². The zero-order chi connectivity index (χ0) is 11.8. The Hall–Kier alpha value is -1.25. The molecule has 0 bridgehead atoms. The lowest BCUT2D eigenvalue weighted by molar-refractivity contribution is 0.931. The van der Waals surface area contributed by atoms with Crippen molar-refractivity contribution < 1.29 is 0 Å². The number of nitrogens with zero attached hydrogens (tertiary/aromatic N) is 4. The largest absolute Gasteiger partial charge is 0.372 e. The molecule has 2 heterocycles. The number of halogens is 1. The first-order chi connectivity index (χ1) is 8.29. The van der Waals surface area contributed by atoms with Gasteiger partial charge in [0.1, 0.15) is 11.5 Å². The van der Waals surface area contributed by atoms with E-state index in [-0.39, 0.29) is 0 Å². The SMILES string of the molecule is CNc1nc(-c2cn[nH]n2)nc(C2CC2)c1I. The van der Waals surface area contributed by atoms with Gasteiger partial charge < -0.3 is 5.32 Å². The third kappa shape index (κ3) is 1.99. The second-order valence-corrected chi connectivity index (χ2v) is 5.05. The molecular weight excluding hydrogens is 331 g/mol. The summed E-state index contributed by atoms with van der Waals surface area (Å²) < 4.78 is 1.11. The maximum atomic E-state index is 4.60. The van der Waals surface area contributed by atoms with Gasteiger partial charge in [0.05, 0.1) is 15.5 Å². The van der Waals surface area contributed by atoms with Gasteiger partial charge in [-0.05, 0) is 35.4 Å². The molecule has 2 aromatic rings. The van der Waals surface area contributed by atoms with Crippen LogP contribution in [-0.4, -0.2) is 32.4 Å². The van der Waals surface area contributed by atoms with Gasteiger partial charge in [-0.2, -0.15) is 15.4 Å². The maximum absolute atomic E-state index is 4.60. The van der Waals surface area contributed by atoms with E-state index in [1.54, 1.807) is 6.20 Å². The lowest BCUT2D eigenvalue weighted by Gasteiger charge is -2.09. The van der Waals surface area contributed by atoms with Crippen LogP contribution in [0.25, 0.3) is 11.5 Å². The van der Waals surface area contributed by atoms with Crippen molar-refractivity contribution in [2.75, 3.05) is 12.4 Å². The van der Waals surface area contributed by atoms with Crippen molar-refractivity contribution in [1.82, 2.24) is 25.4 Å². The summed E-state index contributed by atoms with van der Waals surface area (Å²) in [6.45, 7) is 0. The molecule has 2 N–H and O–H groups in total. The Bertz CT molecular complexity index is 534. The number of H-pyrrole nitrogens is 1. The molecule has 0 radical (unpaired) electrons. The van der Waals surface area contributed by atoms with Gasteiger partial charge in [-0.25, -0.2) is 9.97 Å². The zero-order valence-electron chi connectivity index (χ0n) is 9.24. The third-order valence-electron chi connectivity index (χ3n) is 2.72. The molecule has 17 heavy (non-hydrogen) atoms. The molecule has 88 valence electrons. The van der Waals surface area contributed by atoms with Crippen LogP contribution in [0.1, 0.15) is 24.5 Å². The van der Waals surface area contributed by atoms with Crippen LogP contribution in [0.15, 0.2) is 6.20 Å². The molecule has 0 amide bonds. The number of aromatic amines is 1. The highest BCUT2D eigenvalue weighted by Gasteiger charge is 2.29. The monoisotopic (exact) mass is 342 g/mol. The first kappa shape index (κ1) is 10.9. The Morgan fingerprint density at radius 3 is 2.82 bits per heavy atom. The smallest absolute Gasteiger partial charge is 0.184 e. The molecular formula is C10H11IN6. The molecule has 1 aliphatic carbocycles. The first-order valence-electron chi connectivity index (χ1n) is 5.41. The minimum atomic E-state index is 0.586. The van der Waals surface area contributed by atoms with E-state index in [4.69, 9.17) is 0 Å². The van der Waals surface area contributed by atoms with Crippen molar-refractivity contribution in [3.05, 3.63) is 15.5 Å². The highest BCUT2D eigenvalue weighted by molar-refractivity contribution is 14.1. The molecule has 0 unspecified atom stereocenters. The van der Waals surface area contributed by atoms with E-state index in [0.29, 0.717) is 17.4 Å². The minimum absolute atomic E-state index is 0.586. The van der Waals surface area contributed by atoms with Crippen molar-refractivity contribution in [2.24, 2.45) is 0 Å². The maximum Gasteiger partial charge on any atom is 0.184 e. The fourth-order valence-electron chi connectivity index (χ4n) is 1.68. The molecule has 0 saturated heterocycles. The van der Waals surface area contributed by atoms with Crippen LogP contribution in [0.4, 0.5) is 5.82 Å². The molecule has 0 spiro atoms. The fourth-order valence-corrected chi connectivity index (χ4v) is 2.63. The molecule has 1 fully saturated rings. The molecule has 2 aromatic heterocycles. The van der Waals surface area contributed by atoms with Crippen LogP contribution in [-0.2, 0) is 0 Å². The van der Waals surface area contributed by atoms with Crippen molar-refractivity contribution in [1.29, 1.82) is 0 Å². The summed E-state index contributed by atoms with van der Waals surface area (Å²) in [6, 6.07) is 0. The van der Waals surface area contributed by atoms with Crippen LogP contribution < -0.4 is 5.32 Å². The zero-order valence-corrected chi connectivity index (χ0v) is 11.4. The van der Waals surface area contributed by atoms with E-state index in [0.717, 1.165) is 15.1 Å². The molecule has 7 heteroatoms. The van der Waals surface area contributed by atoms with Gasteiger partial charge >= 0.3 is 0 Å². The van der Waals surface area contributed by atoms with Crippen molar-refractivity contribution in [3.8, 4) is 11.5 Å². The standard InChI is InChI=1S/C10H11IN6/c1-12-10-7(11)8(5-2-3-5)14-9(15-10)6-4-13-17-16-6/h4-5H,2-3H2,1H3,(H,12,14,15)(H,13,16,17). The Balaban J connectivity index is 2.13. The normalized spacial score (nSPS) is 14.9. The second-order valence-electron chi connectivity index (χ2n) is 3.97. The molecule has 0 atom stereocenters. The van der Waals surface area contributed by atoms with Gasteiger partial charge in [0.2, 0.25) is 0 Å². The lowest BCUT2D eigenvalue weighted by atomic mass is 10.2. The van der Waals surface area contributed by atoms with Gasteiger partial charge in [-0.3, -0.25) is 0 Å². The highest BCUT2D eigenvalue weighted by atomic mass is 127. The number of rotatable bonds is 3. The summed E-state index contributed by atoms with van der Waals surface area (Å²) in [6.07, 6.45) is 4.07. The third-order valence-corrected chi connectivity index (χ3v) is 3.79. The molecule has 0 aliphatic heterocycles. The van der Waals surface area contributed by atoms with Crippen LogP contribution in [0, 0.1) is 3.57 Å². The molecule has 6 nitrogen and oxygen atoms in total. The Kier molecular flexibility index (Phi) is 2.69. The van der Waals surface area contributed by atoms with Crippen molar-refractivity contribution in [2.45, 2.75) is 18.8 Å². The lowest BCUT2D eigenvalue weighted by Crippen LogP contribution is -2.04. The molecule has 3 rings (SSSR count). The van der Waals surface area contributed by atoms with Crippen LogP contribution in [0.5, 0.6) is 0 Å². The predicted molar refractivity (Wildman–Crippen MR) is 71.6 cm³/mol. The van der Waals surface area contributed by atoms with Gasteiger partial charge in [-0.1, -0.05) is 0 Å². The summed E-state index contributed by atoms with van der Waals surface area (Å²) in [5.74, 6) is 2.08. The number of aromatic nitrogens is 5. The summed E-state index contributed by atoms with van der Waals surface area (Å²) in [7, 11) is 1.87. The van der Waals surface area contributed by atoms with E-state index in [1.807, 2.05) is 7.05 Å². The summed E-state index contributed by atoms with van der Waals surface area (Å²) >= 11 is 2.30. The number of nitrogens with one attached hydrogen (secondary N) is 2. The number of anilines is 1. The fraction of sp³-hybridized carbons (Fsp3) is 0.400. The Labute approximate surface area is 112 Å². The number of hydrogen-bond acceptors (Lipinski definition) is 5. The Morgan fingerprint density at radius 1 is 1.41 bits per heavy atom. The summed E-state index contributed by atoms with van der Waals surface area (Å²) in [4.78, 5) is 9.06. The van der Waals surface area contributed by atoms with E-state index in [9.17, 15) is 0 Å². The van der Waals surface area contributed by atoms with Gasteiger partial charge in [0.15, 0.2) is 5.82 Å². The second kappa shape index (κ2) is 4.21. The number of hydrogen-bond donors (Lipinski definition) is 2. The van der Waals surface area contributed by atoms with Crippen molar-refractivity contribution in [3.63, 3.8) is 0 Å². The average Bonchev–Trinajstić information content (AvgIpc) is 3.04. The van der Waals surface area contributed by atoms with E-state index >= 15 is 0 Å². The summed E-state index contributed by atoms with van der Waals surface area (Å²) in [5, 5.41) is 13.5. The Morgan fingerprint density at radius 2 is 2.24 bits per heavy atom. The average molecular weight is 342 g/mol. The van der Waals surface area contributed by atoms with Crippen molar-refractivity contribution >= 4 is 28.4 Å². The van der Waals surface area contributed by atoms with Crippen LogP contribution in [0.3, 0.4) is 0 Å². The quantitative estimate of drug-likeness (QED) is 0.832. The van der Waals surface area contributed by atoms with Gasteiger partial charge in [0.25, 0.3) is 0 Å². The predicted octanol–water partition coefficient (Wildman–Crippen LogP) is 1.79. The van der Waals surface area contributed by atoms with Gasteiger partial charge in [-0.15, -0.1) is 0 Å². The minimum Gasteiger partial charge on any atom is -0.372 e. The molecule has 1 saturated carbocycles.